The predicted octanol–water partition coefficient (Wildman–Crippen LogP) is 3.50. The number of nitrogens with zero attached hydrogens (tertiary/aromatic N) is 1. The third-order valence-electron chi connectivity index (χ3n) is 3.17. The van der Waals surface area contributed by atoms with Gasteiger partial charge >= 0.3 is 0 Å². The van der Waals surface area contributed by atoms with Gasteiger partial charge in [0.05, 0.1) is 5.52 Å². The van der Waals surface area contributed by atoms with E-state index < -0.39 is 0 Å². The molecule has 1 aromatic carbocycles. The average molecular weight is 290 g/mol. The molecular weight excluding hydrogens is 271 g/mol. The van der Waals surface area contributed by atoms with Crippen LogP contribution >= 0.6 is 0 Å². The molecule has 0 atom stereocenters. The number of carbonyl (C=O) groups is 1. The van der Waals surface area contributed by atoms with E-state index in [9.17, 15) is 9.18 Å². The molecule has 5 heteroatoms. The first-order valence-corrected chi connectivity index (χ1v) is 7.14. The molecule has 0 aliphatic rings. The van der Waals surface area contributed by atoms with Crippen molar-refractivity contribution >= 4 is 16.8 Å². The molecule has 1 heterocycles. The summed E-state index contributed by atoms with van der Waals surface area (Å²) in [4.78, 5) is 20.9. The second-order valence-corrected chi connectivity index (χ2v) is 4.91. The fraction of sp³-hybridized carbons (Fsp3) is 0.375. The Morgan fingerprint density at radius 3 is 3.05 bits per heavy atom. The van der Waals surface area contributed by atoms with Crippen molar-refractivity contribution in [1.82, 2.24) is 10.5 Å². The molecule has 1 aromatic heterocycles. The molecule has 2 aromatic rings. The van der Waals surface area contributed by atoms with Gasteiger partial charge in [0.25, 0.3) is 0 Å². The van der Waals surface area contributed by atoms with Crippen molar-refractivity contribution in [3.63, 3.8) is 0 Å². The highest BCUT2D eigenvalue weighted by molar-refractivity contribution is 5.81. The molecule has 0 fully saturated rings. The lowest BCUT2D eigenvalue weighted by molar-refractivity contribution is -0.134. The fourth-order valence-corrected chi connectivity index (χ4v) is 2.12. The quantitative estimate of drug-likeness (QED) is 0.627. The third kappa shape index (κ3) is 4.49. The van der Waals surface area contributed by atoms with Gasteiger partial charge in [-0.1, -0.05) is 25.8 Å². The Labute approximate surface area is 123 Å². The van der Waals surface area contributed by atoms with Crippen LogP contribution in [-0.4, -0.2) is 10.9 Å². The number of hydrogen-bond donors (Lipinski definition) is 1. The summed E-state index contributed by atoms with van der Waals surface area (Å²) in [6.45, 7) is 2.17. The summed E-state index contributed by atoms with van der Waals surface area (Å²) in [5.74, 6) is -0.500. The summed E-state index contributed by atoms with van der Waals surface area (Å²) in [7, 11) is 0. The second-order valence-electron chi connectivity index (χ2n) is 4.91. The first-order valence-electron chi connectivity index (χ1n) is 7.14. The topological polar surface area (TPSA) is 51.2 Å². The number of halogens is 1. The molecule has 4 nitrogen and oxygen atoms in total. The summed E-state index contributed by atoms with van der Waals surface area (Å²) in [6.07, 6.45) is 5.01. The molecule has 2 rings (SSSR count). The van der Waals surface area contributed by atoms with Crippen LogP contribution in [0.2, 0.25) is 0 Å². The van der Waals surface area contributed by atoms with E-state index in [1.807, 2.05) is 0 Å². The van der Waals surface area contributed by atoms with E-state index >= 15 is 0 Å². The van der Waals surface area contributed by atoms with Crippen LogP contribution in [0, 0.1) is 5.82 Å². The van der Waals surface area contributed by atoms with Crippen LogP contribution in [0.4, 0.5) is 4.39 Å². The van der Waals surface area contributed by atoms with E-state index in [0.717, 1.165) is 19.3 Å². The van der Waals surface area contributed by atoms with Crippen molar-refractivity contribution in [2.24, 2.45) is 0 Å². The highest BCUT2D eigenvalue weighted by Gasteiger charge is 2.07. The molecule has 0 unspecified atom stereocenters. The van der Waals surface area contributed by atoms with Gasteiger partial charge in [-0.05, 0) is 24.6 Å². The molecule has 0 saturated carbocycles. The van der Waals surface area contributed by atoms with Gasteiger partial charge in [-0.2, -0.15) is 0 Å². The predicted molar refractivity (Wildman–Crippen MR) is 78.8 cm³/mol. The van der Waals surface area contributed by atoms with Crippen molar-refractivity contribution in [1.29, 1.82) is 0 Å². The van der Waals surface area contributed by atoms with E-state index in [2.05, 4.69) is 17.4 Å². The average Bonchev–Trinajstić information content (AvgIpc) is 2.47. The minimum atomic E-state index is -0.344. The third-order valence-corrected chi connectivity index (χ3v) is 3.17. The number of pyridine rings is 1. The van der Waals surface area contributed by atoms with E-state index in [1.54, 1.807) is 18.3 Å². The first-order chi connectivity index (χ1) is 10.2. The van der Waals surface area contributed by atoms with Gasteiger partial charge in [-0.25, -0.2) is 9.87 Å². The summed E-state index contributed by atoms with van der Waals surface area (Å²) in [6, 6.07) is 6.34. The number of nitrogens with one attached hydrogen (secondary N) is 1. The second kappa shape index (κ2) is 7.69. The van der Waals surface area contributed by atoms with Gasteiger partial charge in [-0.3, -0.25) is 14.6 Å². The molecule has 21 heavy (non-hydrogen) atoms. The lowest BCUT2D eigenvalue weighted by Gasteiger charge is -2.08. The van der Waals surface area contributed by atoms with E-state index in [4.69, 9.17) is 4.84 Å². The van der Waals surface area contributed by atoms with Gasteiger partial charge in [0, 0.05) is 23.6 Å². The number of hydroxylamine groups is 1. The van der Waals surface area contributed by atoms with Gasteiger partial charge in [0.1, 0.15) is 12.4 Å². The van der Waals surface area contributed by atoms with Crippen molar-refractivity contribution < 1.29 is 14.0 Å². The molecule has 0 radical (unpaired) electrons. The summed E-state index contributed by atoms with van der Waals surface area (Å²) in [5.41, 5.74) is 3.68. The highest BCUT2D eigenvalue weighted by atomic mass is 19.1. The van der Waals surface area contributed by atoms with Crippen LogP contribution in [0.25, 0.3) is 10.9 Å². The van der Waals surface area contributed by atoms with Crippen LogP contribution in [0.3, 0.4) is 0 Å². The van der Waals surface area contributed by atoms with Gasteiger partial charge in [0.2, 0.25) is 5.91 Å². The summed E-state index contributed by atoms with van der Waals surface area (Å²) < 4.78 is 13.5. The fourth-order valence-electron chi connectivity index (χ4n) is 2.12. The number of carbonyl (C=O) groups excluding carboxylic acids is 1. The van der Waals surface area contributed by atoms with Crippen LogP contribution in [-0.2, 0) is 16.2 Å². The Hall–Kier alpha value is -2.01. The van der Waals surface area contributed by atoms with Gasteiger partial charge in [0.15, 0.2) is 0 Å². The number of hydrogen-bond acceptors (Lipinski definition) is 3. The molecule has 1 amide bonds. The lowest BCUT2D eigenvalue weighted by Crippen LogP contribution is -2.23. The minimum Gasteiger partial charge on any atom is -0.273 e. The molecule has 0 saturated heterocycles. The molecule has 0 aliphatic heterocycles. The number of amides is 1. The molecule has 0 bridgehead atoms. The Balaban J connectivity index is 1.93. The van der Waals surface area contributed by atoms with E-state index in [0.29, 0.717) is 22.9 Å². The van der Waals surface area contributed by atoms with Crippen molar-refractivity contribution in [2.75, 3.05) is 0 Å². The summed E-state index contributed by atoms with van der Waals surface area (Å²) >= 11 is 0. The highest BCUT2D eigenvalue weighted by Crippen LogP contribution is 2.18. The van der Waals surface area contributed by atoms with Crippen LogP contribution < -0.4 is 5.48 Å². The van der Waals surface area contributed by atoms with Gasteiger partial charge in [-0.15, -0.1) is 0 Å². The molecule has 1 N–H and O–H groups in total. The Kier molecular flexibility index (Phi) is 5.63. The monoisotopic (exact) mass is 290 g/mol. The number of fused-ring (bicyclic) bond motifs is 1. The normalized spacial score (nSPS) is 10.8. The molecular formula is C16H19FN2O2. The number of benzene rings is 1. The minimum absolute atomic E-state index is 0.0881. The largest absolute Gasteiger partial charge is 0.273 e. The zero-order chi connectivity index (χ0) is 15.1. The van der Waals surface area contributed by atoms with Crippen molar-refractivity contribution in [3.8, 4) is 0 Å². The Bertz CT molecular complexity index is 616. The smallest absolute Gasteiger partial charge is 0.243 e. The Morgan fingerprint density at radius 2 is 2.24 bits per heavy atom. The number of rotatable bonds is 7. The SMILES string of the molecule is CCCCCC(=O)NOCc1cc(F)cc2cccnc12. The number of unbranched alkanes of at least 4 members (excludes halogenated alkanes) is 2. The molecule has 0 spiro atoms. The van der Waals surface area contributed by atoms with Crippen LogP contribution in [0.15, 0.2) is 30.5 Å². The van der Waals surface area contributed by atoms with E-state index in [1.165, 1.54) is 12.1 Å². The maximum absolute atomic E-state index is 13.5. The van der Waals surface area contributed by atoms with Crippen molar-refractivity contribution in [3.05, 3.63) is 41.8 Å². The van der Waals surface area contributed by atoms with Crippen LogP contribution in [0.5, 0.6) is 0 Å². The Morgan fingerprint density at radius 1 is 1.38 bits per heavy atom. The maximum atomic E-state index is 13.5. The maximum Gasteiger partial charge on any atom is 0.243 e. The zero-order valence-corrected chi connectivity index (χ0v) is 12.1. The molecule has 0 aliphatic carbocycles. The van der Waals surface area contributed by atoms with Gasteiger partial charge < -0.3 is 0 Å². The standard InChI is InChI=1S/C16H19FN2O2/c1-2-3-4-7-15(20)19-21-11-13-10-14(17)9-12-6-5-8-18-16(12)13/h5-6,8-10H,2-4,7,11H2,1H3,(H,19,20). The van der Waals surface area contributed by atoms with Crippen LogP contribution in [0.1, 0.15) is 38.2 Å². The number of aromatic nitrogens is 1. The van der Waals surface area contributed by atoms with Crippen molar-refractivity contribution in [2.45, 2.75) is 39.2 Å². The lowest BCUT2D eigenvalue weighted by atomic mass is 10.1. The molecule has 112 valence electrons. The zero-order valence-electron chi connectivity index (χ0n) is 12.1. The van der Waals surface area contributed by atoms with E-state index in [-0.39, 0.29) is 18.3 Å². The first kappa shape index (κ1) is 15.4. The summed E-state index contributed by atoms with van der Waals surface area (Å²) in [5, 5.41) is 0.713.